The predicted molar refractivity (Wildman–Crippen MR) is 79.9 cm³/mol. The van der Waals surface area contributed by atoms with Crippen molar-refractivity contribution in [3.63, 3.8) is 0 Å². The van der Waals surface area contributed by atoms with Gasteiger partial charge in [0.2, 0.25) is 0 Å². The van der Waals surface area contributed by atoms with E-state index in [1.165, 1.54) is 38.1 Å². The predicted octanol–water partition coefficient (Wildman–Crippen LogP) is 2.84. The minimum atomic E-state index is 0.450. The van der Waals surface area contributed by atoms with Crippen LogP contribution in [0.1, 0.15) is 40.0 Å². The molecule has 0 radical (unpaired) electrons. The van der Waals surface area contributed by atoms with Gasteiger partial charge in [0.05, 0.1) is 0 Å². The van der Waals surface area contributed by atoms with Gasteiger partial charge in [-0.2, -0.15) is 11.8 Å². The Kier molecular flexibility index (Phi) is 6.32. The second kappa shape index (κ2) is 7.01. The Morgan fingerprint density at radius 1 is 1.47 bits per heavy atom. The lowest BCUT2D eigenvalue weighted by Gasteiger charge is -2.42. The number of piperidine rings is 1. The van der Waals surface area contributed by atoms with Crippen molar-refractivity contribution in [1.82, 2.24) is 10.2 Å². The Morgan fingerprint density at radius 2 is 2.18 bits per heavy atom. The van der Waals surface area contributed by atoms with E-state index in [-0.39, 0.29) is 0 Å². The summed E-state index contributed by atoms with van der Waals surface area (Å²) in [5.41, 5.74) is 0.450. The molecule has 2 nitrogen and oxygen atoms in total. The van der Waals surface area contributed by atoms with E-state index in [9.17, 15) is 0 Å². The van der Waals surface area contributed by atoms with Gasteiger partial charge in [0.15, 0.2) is 0 Å². The van der Waals surface area contributed by atoms with Gasteiger partial charge < -0.3 is 10.2 Å². The van der Waals surface area contributed by atoms with Gasteiger partial charge in [-0.1, -0.05) is 13.8 Å². The van der Waals surface area contributed by atoms with Crippen LogP contribution in [0.3, 0.4) is 0 Å². The lowest BCUT2D eigenvalue weighted by Crippen LogP contribution is -2.53. The quantitative estimate of drug-likeness (QED) is 0.789. The molecule has 0 spiro atoms. The average molecular weight is 258 g/mol. The van der Waals surface area contributed by atoms with Crippen LogP contribution in [0.4, 0.5) is 0 Å². The molecular weight excluding hydrogens is 228 g/mol. The largest absolute Gasteiger partial charge is 0.312 e. The first-order chi connectivity index (χ1) is 7.97. The maximum absolute atomic E-state index is 3.70. The maximum atomic E-state index is 3.70. The molecule has 1 heterocycles. The molecule has 0 bridgehead atoms. The highest BCUT2D eigenvalue weighted by atomic mass is 32.2. The lowest BCUT2D eigenvalue weighted by molar-refractivity contribution is 0.121. The Labute approximate surface area is 112 Å². The van der Waals surface area contributed by atoms with Crippen molar-refractivity contribution in [2.24, 2.45) is 5.41 Å². The summed E-state index contributed by atoms with van der Waals surface area (Å²) in [7, 11) is 2.28. The molecule has 0 aromatic carbocycles. The molecule has 1 fully saturated rings. The number of nitrogens with zero attached hydrogens (tertiary/aromatic N) is 1. The van der Waals surface area contributed by atoms with Crippen molar-refractivity contribution in [1.29, 1.82) is 0 Å². The zero-order valence-electron chi connectivity index (χ0n) is 12.3. The van der Waals surface area contributed by atoms with Crippen LogP contribution in [0, 0.1) is 5.41 Å². The molecular formula is C14H30N2S. The van der Waals surface area contributed by atoms with Crippen LogP contribution < -0.4 is 5.32 Å². The van der Waals surface area contributed by atoms with Crippen molar-refractivity contribution in [3.05, 3.63) is 0 Å². The van der Waals surface area contributed by atoms with E-state index in [0.717, 1.165) is 0 Å². The molecule has 102 valence electrons. The molecule has 3 heteroatoms. The normalized spacial score (nSPS) is 26.1. The lowest BCUT2D eigenvalue weighted by atomic mass is 9.77. The fraction of sp³-hybridized carbons (Fsp3) is 1.00. The van der Waals surface area contributed by atoms with Gasteiger partial charge in [0.25, 0.3) is 0 Å². The monoisotopic (exact) mass is 258 g/mol. The third-order valence-corrected chi connectivity index (χ3v) is 4.94. The molecule has 1 aliphatic rings. The number of hydrogen-bond acceptors (Lipinski definition) is 3. The summed E-state index contributed by atoms with van der Waals surface area (Å²) in [6.07, 6.45) is 6.18. The first-order valence-electron chi connectivity index (χ1n) is 6.90. The topological polar surface area (TPSA) is 15.3 Å². The van der Waals surface area contributed by atoms with Gasteiger partial charge in [0.1, 0.15) is 0 Å². The zero-order valence-corrected chi connectivity index (χ0v) is 13.1. The van der Waals surface area contributed by atoms with E-state index in [1.807, 2.05) is 11.8 Å². The van der Waals surface area contributed by atoms with Gasteiger partial charge in [-0.05, 0) is 57.2 Å². The van der Waals surface area contributed by atoms with Gasteiger partial charge in [-0.3, -0.25) is 0 Å². The first kappa shape index (κ1) is 15.3. The first-order valence-corrected chi connectivity index (χ1v) is 8.29. The summed E-state index contributed by atoms with van der Waals surface area (Å²) in [5.74, 6) is 1.27. The number of likely N-dealkylation sites (N-methyl/N-ethyl adjacent to an activating group) is 1. The summed E-state index contributed by atoms with van der Waals surface area (Å²) in [4.78, 5) is 2.53. The fourth-order valence-corrected chi connectivity index (χ4v) is 3.14. The van der Waals surface area contributed by atoms with Crippen LogP contribution in [-0.2, 0) is 0 Å². The van der Waals surface area contributed by atoms with E-state index in [2.05, 4.69) is 44.3 Å². The Hall–Kier alpha value is 0.270. The van der Waals surface area contributed by atoms with Crippen LogP contribution in [0.25, 0.3) is 0 Å². The van der Waals surface area contributed by atoms with Gasteiger partial charge in [-0.15, -0.1) is 0 Å². The molecule has 0 aromatic heterocycles. The summed E-state index contributed by atoms with van der Waals surface area (Å²) in [6.45, 7) is 9.55. The highest BCUT2D eigenvalue weighted by Gasteiger charge is 2.32. The van der Waals surface area contributed by atoms with Crippen LogP contribution in [0.2, 0.25) is 0 Å². The molecule has 0 aromatic rings. The molecule has 0 amide bonds. The van der Waals surface area contributed by atoms with Gasteiger partial charge >= 0.3 is 0 Å². The maximum Gasteiger partial charge on any atom is 0.0246 e. The van der Waals surface area contributed by atoms with Crippen LogP contribution >= 0.6 is 11.8 Å². The van der Waals surface area contributed by atoms with Gasteiger partial charge in [0, 0.05) is 18.6 Å². The minimum absolute atomic E-state index is 0.450. The Balaban J connectivity index is 2.40. The molecule has 0 aliphatic carbocycles. The molecule has 1 rings (SSSR count). The van der Waals surface area contributed by atoms with E-state index < -0.39 is 0 Å². The number of nitrogens with one attached hydrogen (secondary N) is 1. The molecule has 2 atom stereocenters. The standard InChI is InChI=1S/C14H30N2S/c1-12(7-10-17-5)16(4)11-13-14(2,3)8-6-9-15-13/h12-13,15H,6-11H2,1-5H3. The summed E-state index contributed by atoms with van der Waals surface area (Å²) < 4.78 is 0. The SMILES string of the molecule is CSCCC(C)N(C)CC1NCCCC1(C)C. The Bertz CT molecular complexity index is 218. The third-order valence-electron chi connectivity index (χ3n) is 4.29. The molecule has 17 heavy (non-hydrogen) atoms. The van der Waals surface area contributed by atoms with Crippen molar-refractivity contribution in [3.8, 4) is 0 Å². The van der Waals surface area contributed by atoms with E-state index in [1.54, 1.807) is 0 Å². The zero-order chi connectivity index (χ0) is 12.9. The molecule has 1 saturated heterocycles. The highest BCUT2D eigenvalue weighted by Crippen LogP contribution is 2.30. The number of hydrogen-bond donors (Lipinski definition) is 1. The van der Waals surface area contributed by atoms with Crippen molar-refractivity contribution >= 4 is 11.8 Å². The minimum Gasteiger partial charge on any atom is -0.312 e. The van der Waals surface area contributed by atoms with Crippen molar-refractivity contribution in [2.75, 3.05) is 32.1 Å². The fourth-order valence-electron chi connectivity index (χ4n) is 2.56. The number of thioether (sulfide) groups is 1. The highest BCUT2D eigenvalue weighted by molar-refractivity contribution is 7.98. The third kappa shape index (κ3) is 4.80. The second-order valence-electron chi connectivity index (χ2n) is 6.17. The van der Waals surface area contributed by atoms with Crippen LogP contribution in [-0.4, -0.2) is 49.1 Å². The van der Waals surface area contributed by atoms with E-state index in [0.29, 0.717) is 17.5 Å². The van der Waals surface area contributed by atoms with Gasteiger partial charge in [-0.25, -0.2) is 0 Å². The average Bonchev–Trinajstić information content (AvgIpc) is 2.28. The van der Waals surface area contributed by atoms with Crippen molar-refractivity contribution < 1.29 is 0 Å². The van der Waals surface area contributed by atoms with E-state index >= 15 is 0 Å². The smallest absolute Gasteiger partial charge is 0.0246 e. The van der Waals surface area contributed by atoms with E-state index in [4.69, 9.17) is 0 Å². The Morgan fingerprint density at radius 3 is 2.76 bits per heavy atom. The molecule has 1 aliphatic heterocycles. The van der Waals surface area contributed by atoms with Crippen LogP contribution in [0.5, 0.6) is 0 Å². The molecule has 2 unspecified atom stereocenters. The summed E-state index contributed by atoms with van der Waals surface area (Å²) >= 11 is 1.95. The molecule has 1 N–H and O–H groups in total. The summed E-state index contributed by atoms with van der Waals surface area (Å²) in [5, 5.41) is 3.70. The van der Waals surface area contributed by atoms with Crippen molar-refractivity contribution in [2.45, 2.75) is 52.1 Å². The number of rotatable bonds is 6. The van der Waals surface area contributed by atoms with Crippen LogP contribution in [0.15, 0.2) is 0 Å². The second-order valence-corrected chi connectivity index (χ2v) is 7.15. The molecule has 0 saturated carbocycles. The summed E-state index contributed by atoms with van der Waals surface area (Å²) in [6, 6.07) is 1.35.